The van der Waals surface area contributed by atoms with E-state index in [2.05, 4.69) is 5.10 Å². The van der Waals surface area contributed by atoms with Gasteiger partial charge in [-0.2, -0.15) is 5.10 Å². The first-order valence-corrected chi connectivity index (χ1v) is 11.4. The normalized spacial score (nSPS) is 14.6. The van der Waals surface area contributed by atoms with Gasteiger partial charge in [0.2, 0.25) is 0 Å². The molecule has 9 heteroatoms. The monoisotopic (exact) mass is 446 g/mol. The molecule has 2 aromatic rings. The maximum absolute atomic E-state index is 13.1. The third-order valence-electron chi connectivity index (χ3n) is 5.71. The number of carbonyl (C=O) groups excluding carboxylic acids is 1. The summed E-state index contributed by atoms with van der Waals surface area (Å²) in [5.74, 6) is 2.16. The maximum atomic E-state index is 13.1. The molecule has 176 valence electrons. The Hall–Kier alpha value is -2.81. The van der Waals surface area contributed by atoms with Crippen LogP contribution in [0, 0.1) is 0 Å². The Bertz CT molecular complexity index is 960. The highest BCUT2D eigenvalue weighted by molar-refractivity contribution is 5.95. The fourth-order valence-corrected chi connectivity index (χ4v) is 4.09. The van der Waals surface area contributed by atoms with Crippen LogP contribution in [0.4, 0.5) is 0 Å². The van der Waals surface area contributed by atoms with Gasteiger partial charge in [-0.1, -0.05) is 0 Å². The maximum Gasteiger partial charge on any atom is 0.345 e. The number of methoxy groups -OCH3 is 1. The minimum Gasteiger partial charge on any atom is -0.490 e. The van der Waals surface area contributed by atoms with Gasteiger partial charge in [0.1, 0.15) is 5.82 Å². The molecular formula is C23H34N4O5. The number of likely N-dealkylation sites (tertiary alicyclic amines) is 1. The van der Waals surface area contributed by atoms with E-state index in [1.807, 2.05) is 25.7 Å². The summed E-state index contributed by atoms with van der Waals surface area (Å²) in [5, 5.41) is 4.58. The van der Waals surface area contributed by atoms with Crippen LogP contribution in [-0.4, -0.2) is 65.2 Å². The van der Waals surface area contributed by atoms with Gasteiger partial charge in [0, 0.05) is 38.2 Å². The van der Waals surface area contributed by atoms with Crippen molar-refractivity contribution in [2.45, 2.75) is 52.6 Å². The summed E-state index contributed by atoms with van der Waals surface area (Å²) in [6, 6.07) is 5.34. The van der Waals surface area contributed by atoms with Gasteiger partial charge in [-0.15, -0.1) is 0 Å². The Balaban J connectivity index is 1.70. The first-order valence-electron chi connectivity index (χ1n) is 11.4. The molecule has 2 heterocycles. The van der Waals surface area contributed by atoms with Crippen molar-refractivity contribution in [3.63, 3.8) is 0 Å². The highest BCUT2D eigenvalue weighted by atomic mass is 16.5. The molecule has 1 fully saturated rings. The number of aromatic nitrogens is 3. The van der Waals surface area contributed by atoms with Gasteiger partial charge >= 0.3 is 5.69 Å². The van der Waals surface area contributed by atoms with Gasteiger partial charge in [-0.25, -0.2) is 9.48 Å². The number of amides is 1. The van der Waals surface area contributed by atoms with E-state index in [0.717, 1.165) is 18.7 Å². The molecule has 1 amide bonds. The summed E-state index contributed by atoms with van der Waals surface area (Å²) in [6.45, 7) is 9.49. The SMILES string of the molecule is CCOc1ccc(C(=O)N2CCC(c3nn(CCOC)c(=O)n3CC)CC2)cc1OCC. The van der Waals surface area contributed by atoms with Gasteiger partial charge in [0.05, 0.1) is 26.4 Å². The second kappa shape index (κ2) is 11.2. The zero-order chi connectivity index (χ0) is 23.1. The van der Waals surface area contributed by atoms with Crippen LogP contribution in [0.5, 0.6) is 11.5 Å². The van der Waals surface area contributed by atoms with E-state index in [4.69, 9.17) is 14.2 Å². The highest BCUT2D eigenvalue weighted by Gasteiger charge is 2.29. The molecule has 3 rings (SSSR count). The molecule has 1 aromatic heterocycles. The Morgan fingerprint density at radius 2 is 1.78 bits per heavy atom. The first kappa shape index (κ1) is 23.8. The lowest BCUT2D eigenvalue weighted by molar-refractivity contribution is 0.0709. The smallest absolute Gasteiger partial charge is 0.345 e. The average Bonchev–Trinajstić information content (AvgIpc) is 3.14. The van der Waals surface area contributed by atoms with Gasteiger partial charge < -0.3 is 19.1 Å². The molecule has 9 nitrogen and oxygen atoms in total. The number of hydrogen-bond acceptors (Lipinski definition) is 6. The topological polar surface area (TPSA) is 87.8 Å². The van der Waals surface area contributed by atoms with Crippen LogP contribution < -0.4 is 15.2 Å². The molecule has 0 unspecified atom stereocenters. The fraction of sp³-hybridized carbons (Fsp3) is 0.609. The van der Waals surface area contributed by atoms with Gasteiger partial charge in [-0.05, 0) is 51.8 Å². The van der Waals surface area contributed by atoms with E-state index >= 15 is 0 Å². The van der Waals surface area contributed by atoms with Crippen molar-refractivity contribution < 1.29 is 19.0 Å². The molecule has 0 radical (unpaired) electrons. The number of rotatable bonds is 10. The molecule has 0 spiro atoms. The van der Waals surface area contributed by atoms with E-state index in [1.54, 1.807) is 29.9 Å². The summed E-state index contributed by atoms with van der Waals surface area (Å²) in [4.78, 5) is 27.6. The lowest BCUT2D eigenvalue weighted by atomic mass is 9.95. The third kappa shape index (κ3) is 5.15. The molecule has 1 aliphatic rings. The van der Waals surface area contributed by atoms with Gasteiger partial charge in [0.15, 0.2) is 11.5 Å². The van der Waals surface area contributed by atoms with Crippen molar-refractivity contribution in [3.8, 4) is 11.5 Å². The largest absolute Gasteiger partial charge is 0.490 e. The van der Waals surface area contributed by atoms with Crippen molar-refractivity contribution in [2.24, 2.45) is 0 Å². The number of ether oxygens (including phenoxy) is 3. The molecular weight excluding hydrogens is 412 g/mol. The lowest BCUT2D eigenvalue weighted by Gasteiger charge is -2.31. The van der Waals surface area contributed by atoms with Crippen LogP contribution >= 0.6 is 0 Å². The van der Waals surface area contributed by atoms with Crippen LogP contribution in [0.25, 0.3) is 0 Å². The highest BCUT2D eigenvalue weighted by Crippen LogP contribution is 2.31. The predicted octanol–water partition coefficient (Wildman–Crippen LogP) is 2.53. The van der Waals surface area contributed by atoms with E-state index in [1.165, 1.54) is 4.68 Å². The first-order chi connectivity index (χ1) is 15.5. The Morgan fingerprint density at radius 1 is 1.09 bits per heavy atom. The summed E-state index contributed by atoms with van der Waals surface area (Å²) >= 11 is 0. The van der Waals surface area contributed by atoms with Gasteiger partial charge in [-0.3, -0.25) is 9.36 Å². The van der Waals surface area contributed by atoms with Crippen LogP contribution in [0.1, 0.15) is 55.7 Å². The number of hydrogen-bond donors (Lipinski definition) is 0. The Kier molecular flexibility index (Phi) is 8.33. The predicted molar refractivity (Wildman–Crippen MR) is 121 cm³/mol. The zero-order valence-electron chi connectivity index (χ0n) is 19.5. The minimum absolute atomic E-state index is 0.0223. The third-order valence-corrected chi connectivity index (χ3v) is 5.71. The summed E-state index contributed by atoms with van der Waals surface area (Å²) in [5.41, 5.74) is 0.487. The molecule has 0 atom stereocenters. The summed E-state index contributed by atoms with van der Waals surface area (Å²) < 4.78 is 19.6. The Labute approximate surface area is 188 Å². The average molecular weight is 447 g/mol. The van der Waals surface area contributed by atoms with Crippen LogP contribution in [-0.2, 0) is 17.8 Å². The van der Waals surface area contributed by atoms with E-state index in [-0.39, 0.29) is 17.5 Å². The molecule has 0 aliphatic carbocycles. The van der Waals surface area contributed by atoms with E-state index in [9.17, 15) is 9.59 Å². The molecule has 32 heavy (non-hydrogen) atoms. The standard InChI is InChI=1S/C23H34N4O5/c1-5-26-21(24-27(23(26)29)14-15-30-4)17-10-12-25(13-11-17)22(28)18-8-9-19(31-6-2)20(16-18)32-7-3/h8-9,16-17H,5-7,10-15H2,1-4H3. The number of carbonyl (C=O) groups is 1. The van der Waals surface area contributed by atoms with Crippen LogP contribution in [0.3, 0.4) is 0 Å². The molecule has 1 saturated heterocycles. The molecule has 1 aliphatic heterocycles. The fourth-order valence-electron chi connectivity index (χ4n) is 4.09. The van der Waals surface area contributed by atoms with Gasteiger partial charge in [0.25, 0.3) is 5.91 Å². The van der Waals surface area contributed by atoms with Crippen LogP contribution in [0.2, 0.25) is 0 Å². The second-order valence-corrected chi connectivity index (χ2v) is 7.69. The molecule has 0 bridgehead atoms. The molecule has 0 N–H and O–H groups in total. The summed E-state index contributed by atoms with van der Waals surface area (Å²) in [6.07, 6.45) is 1.53. The van der Waals surface area contributed by atoms with E-state index < -0.39 is 0 Å². The van der Waals surface area contributed by atoms with Crippen LogP contribution in [0.15, 0.2) is 23.0 Å². The number of benzene rings is 1. The minimum atomic E-state index is -0.101. The molecule has 0 saturated carbocycles. The van der Waals surface area contributed by atoms with Crippen molar-refractivity contribution in [1.82, 2.24) is 19.2 Å². The summed E-state index contributed by atoms with van der Waals surface area (Å²) in [7, 11) is 1.61. The second-order valence-electron chi connectivity index (χ2n) is 7.69. The Morgan fingerprint density at radius 3 is 2.41 bits per heavy atom. The quantitative estimate of drug-likeness (QED) is 0.557. The lowest BCUT2D eigenvalue weighted by Crippen LogP contribution is -2.38. The van der Waals surface area contributed by atoms with E-state index in [0.29, 0.717) is 63.1 Å². The van der Waals surface area contributed by atoms with Crippen molar-refractivity contribution in [2.75, 3.05) is 40.0 Å². The number of piperidine rings is 1. The van der Waals surface area contributed by atoms with Crippen molar-refractivity contribution in [3.05, 3.63) is 40.1 Å². The molecule has 1 aromatic carbocycles. The zero-order valence-corrected chi connectivity index (χ0v) is 19.5. The van der Waals surface area contributed by atoms with Crippen molar-refractivity contribution in [1.29, 1.82) is 0 Å². The van der Waals surface area contributed by atoms with Crippen molar-refractivity contribution >= 4 is 5.91 Å². The number of nitrogens with zero attached hydrogens (tertiary/aromatic N) is 4.